The van der Waals surface area contributed by atoms with Crippen molar-refractivity contribution in [3.63, 3.8) is 0 Å². The zero-order valence-corrected chi connectivity index (χ0v) is 16.7. The van der Waals surface area contributed by atoms with Gasteiger partial charge in [0.1, 0.15) is 11.9 Å². The summed E-state index contributed by atoms with van der Waals surface area (Å²) in [5.74, 6) is -2.16. The van der Waals surface area contributed by atoms with Gasteiger partial charge in [0.05, 0.1) is 12.5 Å². The number of aliphatic hydroxyl groups is 1. The van der Waals surface area contributed by atoms with Crippen molar-refractivity contribution in [3.05, 3.63) is 35.2 Å². The van der Waals surface area contributed by atoms with Gasteiger partial charge in [0.25, 0.3) is 5.91 Å². The Labute approximate surface area is 172 Å². The van der Waals surface area contributed by atoms with Crippen LogP contribution < -0.4 is 10.1 Å². The van der Waals surface area contributed by atoms with Gasteiger partial charge in [0.2, 0.25) is 5.91 Å². The topological polar surface area (TPSA) is 83.2 Å². The number of piperidine rings is 1. The molecule has 7 nitrogen and oxygen atoms in total. The predicted octanol–water partition coefficient (Wildman–Crippen LogP) is 3.01. The Morgan fingerprint density at radius 3 is 2.70 bits per heavy atom. The zero-order valence-electron chi connectivity index (χ0n) is 16.7. The van der Waals surface area contributed by atoms with Crippen molar-refractivity contribution in [1.29, 1.82) is 0 Å². The van der Waals surface area contributed by atoms with Crippen molar-refractivity contribution < 1.29 is 32.6 Å². The highest BCUT2D eigenvalue weighted by Crippen LogP contribution is 2.30. The van der Waals surface area contributed by atoms with Gasteiger partial charge in [-0.05, 0) is 24.8 Å². The molecule has 1 aliphatic rings. The number of hydrogen-bond donors (Lipinski definition) is 2. The summed E-state index contributed by atoms with van der Waals surface area (Å²) >= 11 is 0. The van der Waals surface area contributed by atoms with Crippen molar-refractivity contribution >= 4 is 17.5 Å². The van der Waals surface area contributed by atoms with Crippen LogP contribution in [0.1, 0.15) is 32.3 Å². The third kappa shape index (κ3) is 6.35. The molecule has 2 rings (SSSR count). The number of rotatable bonds is 6. The summed E-state index contributed by atoms with van der Waals surface area (Å²) in [5, 5.41) is 12.6. The Morgan fingerprint density at radius 1 is 1.40 bits per heavy atom. The van der Waals surface area contributed by atoms with Crippen LogP contribution >= 0.6 is 0 Å². The van der Waals surface area contributed by atoms with E-state index in [0.717, 1.165) is 6.07 Å². The lowest BCUT2D eigenvalue weighted by atomic mass is 9.95. The van der Waals surface area contributed by atoms with E-state index in [-0.39, 0.29) is 30.3 Å². The maximum absolute atomic E-state index is 12.6. The van der Waals surface area contributed by atoms with E-state index >= 15 is 0 Å². The zero-order chi connectivity index (χ0) is 22.5. The molecule has 164 valence electrons. The maximum Gasteiger partial charge on any atom is 0.573 e. The molecule has 0 unspecified atom stereocenters. The van der Waals surface area contributed by atoms with Gasteiger partial charge in [0, 0.05) is 25.2 Å². The Morgan fingerprint density at radius 2 is 2.10 bits per heavy atom. The molecule has 1 heterocycles. The number of halogens is 3. The lowest BCUT2D eigenvalue weighted by Crippen LogP contribution is -2.49. The highest BCUT2D eigenvalue weighted by atomic mass is 19.4. The van der Waals surface area contributed by atoms with Crippen molar-refractivity contribution in [3.8, 4) is 5.75 Å². The van der Waals surface area contributed by atoms with Gasteiger partial charge >= 0.3 is 6.36 Å². The number of nitrogens with one attached hydrogen (secondary N) is 1. The van der Waals surface area contributed by atoms with Gasteiger partial charge in [-0.3, -0.25) is 9.59 Å². The molecule has 0 radical (unpaired) electrons. The van der Waals surface area contributed by atoms with E-state index < -0.39 is 35.9 Å². The standard InChI is InChI=1S/C20H24F3N3O4/c1-12(2)17(27)19(29)26-8-4-5-14(11-26)18(28)25-10-13-6-7-15(24-3)9-16(13)30-20(21,22)23/h6-7,9,12,14,17,27H,4-5,8,10-11H2,1-2H3,(H,25,28)/t14-,17-/m1/s1. The molecule has 0 aromatic heterocycles. The highest BCUT2D eigenvalue weighted by Gasteiger charge is 2.33. The van der Waals surface area contributed by atoms with Crippen molar-refractivity contribution in [1.82, 2.24) is 10.2 Å². The number of nitrogens with zero attached hydrogens (tertiary/aromatic N) is 2. The van der Waals surface area contributed by atoms with Crippen LogP contribution in [0, 0.1) is 18.4 Å². The second-order valence-electron chi connectivity index (χ2n) is 7.48. The number of carbonyl (C=O) groups is 2. The van der Waals surface area contributed by atoms with Gasteiger partial charge in [0.15, 0.2) is 5.69 Å². The number of carbonyl (C=O) groups excluding carboxylic acids is 2. The smallest absolute Gasteiger partial charge is 0.407 e. The summed E-state index contributed by atoms with van der Waals surface area (Å²) < 4.78 is 41.9. The lowest BCUT2D eigenvalue weighted by molar-refractivity contribution is -0.274. The number of benzene rings is 1. The van der Waals surface area contributed by atoms with E-state index in [4.69, 9.17) is 6.57 Å². The largest absolute Gasteiger partial charge is 0.573 e. The minimum atomic E-state index is -4.93. The number of hydrogen-bond acceptors (Lipinski definition) is 4. The summed E-state index contributed by atoms with van der Waals surface area (Å²) in [7, 11) is 0. The third-order valence-electron chi connectivity index (χ3n) is 4.85. The van der Waals surface area contributed by atoms with Gasteiger partial charge in [-0.2, -0.15) is 0 Å². The van der Waals surface area contributed by atoms with E-state index in [9.17, 15) is 27.9 Å². The van der Waals surface area contributed by atoms with E-state index in [1.165, 1.54) is 17.0 Å². The summed E-state index contributed by atoms with van der Waals surface area (Å²) in [6, 6.07) is 3.60. The fourth-order valence-corrected chi connectivity index (χ4v) is 3.17. The molecule has 0 bridgehead atoms. The molecule has 30 heavy (non-hydrogen) atoms. The normalized spacial score (nSPS) is 17.9. The van der Waals surface area contributed by atoms with Crippen LogP contribution in [0.5, 0.6) is 5.75 Å². The summed E-state index contributed by atoms with van der Waals surface area (Å²) in [6.45, 7) is 10.7. The molecule has 2 atom stereocenters. The first kappa shape index (κ1) is 23.5. The minimum Gasteiger partial charge on any atom is -0.407 e. The van der Waals surface area contributed by atoms with Gasteiger partial charge in [-0.15, -0.1) is 13.2 Å². The van der Waals surface area contributed by atoms with E-state index in [1.807, 2.05) is 0 Å². The number of aliphatic hydroxyl groups excluding tert-OH is 1. The first-order valence-corrected chi connectivity index (χ1v) is 9.52. The van der Waals surface area contributed by atoms with Crippen molar-refractivity contribution in [2.45, 2.75) is 45.7 Å². The van der Waals surface area contributed by atoms with Crippen LogP contribution in [0.3, 0.4) is 0 Å². The van der Waals surface area contributed by atoms with Gasteiger partial charge in [-0.1, -0.05) is 26.0 Å². The molecule has 1 saturated heterocycles. The van der Waals surface area contributed by atoms with Crippen LogP contribution in [0.4, 0.5) is 18.9 Å². The second-order valence-corrected chi connectivity index (χ2v) is 7.48. The monoisotopic (exact) mass is 427 g/mol. The number of ether oxygens (including phenoxy) is 1. The molecule has 0 aliphatic carbocycles. The molecule has 0 spiro atoms. The summed E-state index contributed by atoms with van der Waals surface area (Å²) in [5.41, 5.74) is 0.0570. The molecule has 1 aromatic rings. The molecule has 2 N–H and O–H groups in total. The summed E-state index contributed by atoms with van der Waals surface area (Å²) in [6.07, 6.45) is -4.97. The van der Waals surface area contributed by atoms with E-state index in [2.05, 4.69) is 14.9 Å². The Kier molecular flexibility index (Phi) is 7.67. The van der Waals surface area contributed by atoms with Crippen LogP contribution in [0.15, 0.2) is 18.2 Å². The molecule has 0 saturated carbocycles. The third-order valence-corrected chi connectivity index (χ3v) is 4.85. The second kappa shape index (κ2) is 9.80. The Bertz CT molecular complexity index is 820. The number of likely N-dealkylation sites (tertiary alicyclic amines) is 1. The van der Waals surface area contributed by atoms with Crippen LogP contribution in [0.25, 0.3) is 4.85 Å². The number of amides is 2. The van der Waals surface area contributed by atoms with Crippen molar-refractivity contribution in [2.24, 2.45) is 11.8 Å². The summed E-state index contributed by atoms with van der Waals surface area (Å²) in [4.78, 5) is 29.4. The van der Waals surface area contributed by atoms with Crippen LogP contribution in [0.2, 0.25) is 0 Å². The SMILES string of the molecule is [C-]#[N+]c1ccc(CNC(=O)[C@@H]2CCCN(C(=O)[C@H](O)C(C)C)C2)c(OC(F)(F)F)c1. The highest BCUT2D eigenvalue weighted by molar-refractivity contribution is 5.83. The Hall–Kier alpha value is -2.80. The fraction of sp³-hybridized carbons (Fsp3) is 0.550. The van der Waals surface area contributed by atoms with E-state index in [0.29, 0.717) is 19.4 Å². The average Bonchev–Trinajstić information content (AvgIpc) is 2.70. The van der Waals surface area contributed by atoms with Gasteiger partial charge in [-0.25, -0.2) is 4.85 Å². The minimum absolute atomic E-state index is 0.0190. The lowest BCUT2D eigenvalue weighted by Gasteiger charge is -2.34. The van der Waals surface area contributed by atoms with Crippen molar-refractivity contribution in [2.75, 3.05) is 13.1 Å². The molecular formula is C20H24F3N3O4. The first-order chi connectivity index (χ1) is 14.0. The maximum atomic E-state index is 12.6. The molecular weight excluding hydrogens is 403 g/mol. The van der Waals surface area contributed by atoms with Gasteiger partial charge < -0.3 is 20.1 Å². The number of alkyl halides is 3. The quantitative estimate of drug-likeness (QED) is 0.684. The average molecular weight is 427 g/mol. The van der Waals surface area contributed by atoms with Crippen LogP contribution in [-0.4, -0.2) is 47.4 Å². The molecule has 1 aromatic carbocycles. The molecule has 10 heteroatoms. The molecule has 1 aliphatic heterocycles. The van der Waals surface area contributed by atoms with Crippen LogP contribution in [-0.2, 0) is 16.1 Å². The van der Waals surface area contributed by atoms with E-state index in [1.54, 1.807) is 13.8 Å². The molecule has 1 fully saturated rings. The molecule has 2 amide bonds. The Balaban J connectivity index is 2.03. The first-order valence-electron chi connectivity index (χ1n) is 9.52. The predicted molar refractivity (Wildman–Crippen MR) is 101 cm³/mol. The fourth-order valence-electron chi connectivity index (χ4n) is 3.17.